The average molecular weight is 440 g/mol. The molecule has 2 aromatic rings. The van der Waals surface area contributed by atoms with Crippen molar-refractivity contribution in [2.45, 2.75) is 26.9 Å². The number of ether oxygens (including phenoxy) is 1. The van der Waals surface area contributed by atoms with E-state index in [-0.39, 0.29) is 18.4 Å². The molecule has 0 spiro atoms. The van der Waals surface area contributed by atoms with E-state index >= 15 is 0 Å². The van der Waals surface area contributed by atoms with Crippen LogP contribution in [0.3, 0.4) is 0 Å². The molecule has 0 fully saturated rings. The lowest BCUT2D eigenvalue weighted by molar-refractivity contribution is -0.129. The van der Waals surface area contributed by atoms with Crippen LogP contribution in [0.25, 0.3) is 0 Å². The van der Waals surface area contributed by atoms with Crippen molar-refractivity contribution in [1.82, 2.24) is 5.32 Å². The summed E-state index contributed by atoms with van der Waals surface area (Å²) < 4.78 is 6.25. The van der Waals surface area contributed by atoms with Crippen LogP contribution in [0.4, 0.5) is 5.69 Å². The number of nitrogens with one attached hydrogen (secondary N) is 2. The maximum Gasteiger partial charge on any atom is 0.261 e. The maximum atomic E-state index is 12.2. The number of hydrogen-bond donors (Lipinski definition) is 2. The first-order valence-corrected chi connectivity index (χ1v) is 9.20. The van der Waals surface area contributed by atoms with E-state index in [0.717, 1.165) is 16.8 Å². The Morgan fingerprint density at radius 3 is 2.46 bits per heavy atom. The molecule has 0 aliphatic rings. The number of para-hydroxylation sites is 1. The molecule has 0 saturated carbocycles. The molecule has 26 heavy (non-hydrogen) atoms. The molecule has 0 saturated heterocycles. The predicted molar refractivity (Wildman–Crippen MR) is 107 cm³/mol. The van der Waals surface area contributed by atoms with E-state index < -0.39 is 6.10 Å². The Balaban J connectivity index is 1.88. The Labute approximate surface area is 166 Å². The highest BCUT2D eigenvalue weighted by Gasteiger charge is 2.17. The van der Waals surface area contributed by atoms with Gasteiger partial charge >= 0.3 is 0 Å². The molecule has 2 N–H and O–H groups in total. The lowest BCUT2D eigenvalue weighted by Gasteiger charge is -2.16. The van der Waals surface area contributed by atoms with Crippen LogP contribution < -0.4 is 15.4 Å². The zero-order valence-electron chi connectivity index (χ0n) is 14.7. The molecule has 0 radical (unpaired) electrons. The fraction of sp³-hybridized carbons (Fsp3) is 0.263. The van der Waals surface area contributed by atoms with Crippen LogP contribution in [0, 0.1) is 13.8 Å². The molecular formula is C19H20BrClN2O3. The smallest absolute Gasteiger partial charge is 0.261 e. The van der Waals surface area contributed by atoms with Crippen LogP contribution in [-0.4, -0.2) is 24.5 Å². The second-order valence-corrected chi connectivity index (χ2v) is 7.16. The lowest BCUT2D eigenvalue weighted by atomic mass is 10.1. The highest BCUT2D eigenvalue weighted by Crippen LogP contribution is 2.28. The molecule has 7 heteroatoms. The molecule has 1 unspecified atom stereocenters. The third-order valence-electron chi connectivity index (χ3n) is 3.74. The average Bonchev–Trinajstić information content (AvgIpc) is 2.58. The lowest BCUT2D eigenvalue weighted by Crippen LogP contribution is -2.40. The first-order chi connectivity index (χ1) is 12.3. The largest absolute Gasteiger partial charge is 0.480 e. The zero-order valence-corrected chi connectivity index (χ0v) is 17.1. The van der Waals surface area contributed by atoms with Gasteiger partial charge in [0.1, 0.15) is 5.75 Å². The quantitative estimate of drug-likeness (QED) is 0.707. The predicted octanol–water partition coefficient (Wildman–Crippen LogP) is 4.24. The van der Waals surface area contributed by atoms with Gasteiger partial charge < -0.3 is 15.4 Å². The van der Waals surface area contributed by atoms with E-state index in [4.69, 9.17) is 16.3 Å². The zero-order chi connectivity index (χ0) is 19.3. The first-order valence-electron chi connectivity index (χ1n) is 8.03. The van der Waals surface area contributed by atoms with Crippen molar-refractivity contribution < 1.29 is 14.3 Å². The summed E-state index contributed by atoms with van der Waals surface area (Å²) in [6.07, 6.45) is -0.763. The van der Waals surface area contributed by atoms with Gasteiger partial charge in [-0.1, -0.05) is 29.8 Å². The minimum absolute atomic E-state index is 0.137. The van der Waals surface area contributed by atoms with Crippen LogP contribution in [0.2, 0.25) is 5.02 Å². The summed E-state index contributed by atoms with van der Waals surface area (Å²) in [5.41, 5.74) is 2.70. The molecule has 2 rings (SSSR count). The molecule has 138 valence electrons. The molecule has 0 bridgehead atoms. The molecule has 2 aromatic carbocycles. The van der Waals surface area contributed by atoms with Gasteiger partial charge in [0.2, 0.25) is 5.91 Å². The second-order valence-electron chi connectivity index (χ2n) is 5.87. The number of benzene rings is 2. The number of hydrogen-bond acceptors (Lipinski definition) is 3. The fourth-order valence-corrected chi connectivity index (χ4v) is 3.10. The van der Waals surface area contributed by atoms with Gasteiger partial charge in [0.05, 0.1) is 11.0 Å². The number of carbonyl (C=O) groups excluding carboxylic acids is 2. The summed E-state index contributed by atoms with van der Waals surface area (Å²) in [5.74, 6) is -0.184. The topological polar surface area (TPSA) is 67.4 Å². The molecule has 0 aliphatic heterocycles. The van der Waals surface area contributed by atoms with Crippen molar-refractivity contribution in [2.75, 3.05) is 11.9 Å². The van der Waals surface area contributed by atoms with E-state index in [1.807, 2.05) is 32.0 Å². The Hall–Kier alpha value is -2.05. The molecular weight excluding hydrogens is 420 g/mol. The molecule has 0 aliphatic carbocycles. The van der Waals surface area contributed by atoms with Gasteiger partial charge in [-0.15, -0.1) is 0 Å². The number of amides is 2. The first kappa shape index (κ1) is 20.3. The second kappa shape index (κ2) is 9.05. The van der Waals surface area contributed by atoms with Crippen molar-refractivity contribution in [2.24, 2.45) is 0 Å². The van der Waals surface area contributed by atoms with Gasteiger partial charge in [-0.2, -0.15) is 0 Å². The van der Waals surface area contributed by atoms with Crippen LogP contribution in [-0.2, 0) is 9.59 Å². The summed E-state index contributed by atoms with van der Waals surface area (Å²) in [6, 6.07) is 10.8. The summed E-state index contributed by atoms with van der Waals surface area (Å²) in [7, 11) is 0. The third-order valence-corrected chi connectivity index (χ3v) is 4.59. The Morgan fingerprint density at radius 2 is 1.85 bits per heavy atom. The Morgan fingerprint density at radius 1 is 1.19 bits per heavy atom. The summed E-state index contributed by atoms with van der Waals surface area (Å²) >= 11 is 9.21. The van der Waals surface area contributed by atoms with E-state index in [0.29, 0.717) is 15.2 Å². The summed E-state index contributed by atoms with van der Waals surface area (Å²) in [5, 5.41) is 5.96. The van der Waals surface area contributed by atoms with Crippen LogP contribution in [0.15, 0.2) is 40.9 Å². The highest BCUT2D eigenvalue weighted by atomic mass is 79.9. The number of halogens is 2. The molecule has 2 amide bonds. The van der Waals surface area contributed by atoms with Crippen LogP contribution in [0.1, 0.15) is 18.1 Å². The third kappa shape index (κ3) is 5.47. The van der Waals surface area contributed by atoms with Gasteiger partial charge in [0.15, 0.2) is 6.10 Å². The summed E-state index contributed by atoms with van der Waals surface area (Å²) in [6.45, 7) is 5.31. The maximum absolute atomic E-state index is 12.2. The van der Waals surface area contributed by atoms with Gasteiger partial charge in [0, 0.05) is 10.7 Å². The van der Waals surface area contributed by atoms with E-state index in [1.54, 1.807) is 25.1 Å². The van der Waals surface area contributed by atoms with Crippen molar-refractivity contribution in [3.8, 4) is 5.75 Å². The summed E-state index contributed by atoms with van der Waals surface area (Å²) in [4.78, 5) is 24.3. The minimum atomic E-state index is -0.763. The number of anilines is 1. The van der Waals surface area contributed by atoms with Crippen molar-refractivity contribution in [3.05, 3.63) is 57.0 Å². The van der Waals surface area contributed by atoms with Gasteiger partial charge in [0.25, 0.3) is 5.91 Å². The molecule has 5 nitrogen and oxygen atoms in total. The Bertz CT molecular complexity index is 806. The number of carbonyl (C=O) groups is 2. The number of rotatable bonds is 6. The van der Waals surface area contributed by atoms with Crippen LogP contribution >= 0.6 is 27.5 Å². The van der Waals surface area contributed by atoms with Gasteiger partial charge in [-0.25, -0.2) is 0 Å². The number of aryl methyl sites for hydroxylation is 2. The monoisotopic (exact) mass is 438 g/mol. The van der Waals surface area contributed by atoms with E-state index in [9.17, 15) is 9.59 Å². The van der Waals surface area contributed by atoms with E-state index in [2.05, 4.69) is 26.6 Å². The van der Waals surface area contributed by atoms with Crippen molar-refractivity contribution in [3.63, 3.8) is 0 Å². The normalized spacial score (nSPS) is 11.6. The Kier molecular flexibility index (Phi) is 7.06. The molecule has 1 atom stereocenters. The highest BCUT2D eigenvalue weighted by molar-refractivity contribution is 9.10. The van der Waals surface area contributed by atoms with E-state index in [1.165, 1.54) is 0 Å². The molecule has 0 heterocycles. The minimum Gasteiger partial charge on any atom is -0.480 e. The van der Waals surface area contributed by atoms with Gasteiger partial charge in [-0.05, 0) is 66.0 Å². The van der Waals surface area contributed by atoms with Crippen molar-refractivity contribution >= 4 is 45.0 Å². The van der Waals surface area contributed by atoms with Crippen LogP contribution in [0.5, 0.6) is 5.75 Å². The van der Waals surface area contributed by atoms with Gasteiger partial charge in [-0.3, -0.25) is 9.59 Å². The van der Waals surface area contributed by atoms with Crippen molar-refractivity contribution in [1.29, 1.82) is 0 Å². The molecule has 0 aromatic heterocycles. The fourth-order valence-electron chi connectivity index (χ4n) is 2.32. The standard InChI is InChI=1S/C19H20BrClN2O3/c1-11-5-4-6-12(2)18(11)23-17(24)10-22-19(25)13(3)26-16-8-7-14(21)9-15(16)20/h4-9,13H,10H2,1-3H3,(H,22,25)(H,23,24). The SMILES string of the molecule is Cc1cccc(C)c1NC(=O)CNC(=O)C(C)Oc1ccc(Cl)cc1Br.